The van der Waals surface area contributed by atoms with Gasteiger partial charge in [-0.25, -0.2) is 9.78 Å². The Kier molecular flexibility index (Phi) is 7.17. The van der Waals surface area contributed by atoms with E-state index in [9.17, 15) is 22.8 Å². The molecule has 2 N–H and O–H groups in total. The van der Waals surface area contributed by atoms with Crippen molar-refractivity contribution < 1.29 is 32.2 Å². The lowest BCUT2D eigenvalue weighted by atomic mass is 10.2. The first-order valence-corrected chi connectivity index (χ1v) is 9.68. The van der Waals surface area contributed by atoms with E-state index in [0.717, 1.165) is 17.7 Å². The number of nitrogens with zero attached hydrogens (tertiary/aromatic N) is 1. The second-order valence-corrected chi connectivity index (χ2v) is 6.93. The van der Waals surface area contributed by atoms with Gasteiger partial charge in [0.2, 0.25) is 0 Å². The van der Waals surface area contributed by atoms with E-state index in [1.165, 1.54) is 37.6 Å². The van der Waals surface area contributed by atoms with Crippen LogP contribution in [0.1, 0.15) is 21.5 Å². The van der Waals surface area contributed by atoms with E-state index in [1.54, 1.807) is 12.1 Å². The molecule has 33 heavy (non-hydrogen) atoms. The summed E-state index contributed by atoms with van der Waals surface area (Å²) in [6.45, 7) is 1.25. The summed E-state index contributed by atoms with van der Waals surface area (Å²) in [5.41, 5.74) is 0.504. The number of aromatic nitrogens is 1. The third-order valence-corrected chi connectivity index (χ3v) is 4.44. The highest BCUT2D eigenvalue weighted by Gasteiger charge is 2.30. The Balaban J connectivity index is 1.68. The maximum atomic E-state index is 13.0. The van der Waals surface area contributed by atoms with E-state index in [0.29, 0.717) is 11.4 Å². The summed E-state index contributed by atoms with van der Waals surface area (Å²) < 4.78 is 49.1. The summed E-state index contributed by atoms with van der Waals surface area (Å²) in [7, 11) is 1.46. The fraction of sp³-hybridized carbons (Fsp3) is 0.174. The lowest BCUT2D eigenvalue weighted by Crippen LogP contribution is -2.21. The highest BCUT2D eigenvalue weighted by Crippen LogP contribution is 2.31. The predicted molar refractivity (Wildman–Crippen MR) is 116 cm³/mol. The number of ether oxygens (including phenoxy) is 2. The van der Waals surface area contributed by atoms with Gasteiger partial charge in [0.1, 0.15) is 17.1 Å². The summed E-state index contributed by atoms with van der Waals surface area (Å²) in [6.07, 6.45) is -3.15. The van der Waals surface area contributed by atoms with Crippen molar-refractivity contribution in [2.75, 3.05) is 24.4 Å². The van der Waals surface area contributed by atoms with E-state index in [2.05, 4.69) is 15.6 Å². The highest BCUT2D eigenvalue weighted by atomic mass is 19.4. The number of alkyl halides is 3. The van der Waals surface area contributed by atoms with Crippen molar-refractivity contribution >= 4 is 29.1 Å². The van der Waals surface area contributed by atoms with Crippen molar-refractivity contribution in [2.45, 2.75) is 13.1 Å². The second kappa shape index (κ2) is 10.0. The maximum Gasteiger partial charge on any atom is 0.416 e. The quantitative estimate of drug-likeness (QED) is 0.486. The molecule has 0 bridgehead atoms. The average Bonchev–Trinajstić information content (AvgIpc) is 2.78. The zero-order chi connectivity index (χ0) is 24.0. The molecule has 1 amide bonds. The molecule has 10 heteroatoms. The SMILES string of the molecule is COc1ccc(C)cc1NC(=O)COC(=O)c1cccnc1Nc1cccc(C(F)(F)F)c1. The first-order chi connectivity index (χ1) is 15.7. The first-order valence-electron chi connectivity index (χ1n) is 9.68. The number of carbonyl (C=O) groups is 2. The topological polar surface area (TPSA) is 89.5 Å². The van der Waals surface area contributed by atoms with Crippen LogP contribution in [-0.2, 0) is 15.7 Å². The molecule has 0 aliphatic heterocycles. The summed E-state index contributed by atoms with van der Waals surface area (Å²) in [5.74, 6) is -1.03. The number of halogens is 3. The number of nitrogens with one attached hydrogen (secondary N) is 2. The van der Waals surface area contributed by atoms with E-state index in [-0.39, 0.29) is 17.1 Å². The van der Waals surface area contributed by atoms with Crippen LogP contribution in [0, 0.1) is 6.92 Å². The number of pyridine rings is 1. The number of amides is 1. The maximum absolute atomic E-state index is 13.0. The molecule has 0 saturated heterocycles. The van der Waals surface area contributed by atoms with Crippen LogP contribution in [0.15, 0.2) is 60.8 Å². The number of hydrogen-bond donors (Lipinski definition) is 2. The average molecular weight is 459 g/mol. The van der Waals surface area contributed by atoms with Crippen molar-refractivity contribution in [1.29, 1.82) is 0 Å². The van der Waals surface area contributed by atoms with Crippen LogP contribution in [0.25, 0.3) is 0 Å². The van der Waals surface area contributed by atoms with Gasteiger partial charge in [-0.15, -0.1) is 0 Å². The fourth-order valence-corrected chi connectivity index (χ4v) is 2.89. The van der Waals surface area contributed by atoms with Gasteiger partial charge < -0.3 is 20.1 Å². The van der Waals surface area contributed by atoms with Gasteiger partial charge in [0.05, 0.1) is 18.4 Å². The first kappa shape index (κ1) is 23.6. The zero-order valence-corrected chi connectivity index (χ0v) is 17.7. The molecule has 0 aliphatic rings. The Hall–Kier alpha value is -4.08. The zero-order valence-electron chi connectivity index (χ0n) is 17.7. The second-order valence-electron chi connectivity index (χ2n) is 6.93. The molecule has 2 aromatic carbocycles. The van der Waals surface area contributed by atoms with Gasteiger partial charge in [0, 0.05) is 11.9 Å². The molecule has 172 valence electrons. The molecule has 3 aromatic rings. The number of methoxy groups -OCH3 is 1. The predicted octanol–water partition coefficient (Wildman–Crippen LogP) is 4.96. The Labute approximate surface area is 187 Å². The molecule has 0 fully saturated rings. The molecule has 7 nitrogen and oxygen atoms in total. The molecule has 1 aromatic heterocycles. The monoisotopic (exact) mass is 459 g/mol. The van der Waals surface area contributed by atoms with Gasteiger partial charge in [0.15, 0.2) is 6.61 Å². The lowest BCUT2D eigenvalue weighted by molar-refractivity contribution is -0.137. The van der Waals surface area contributed by atoms with Crippen LogP contribution in [0.5, 0.6) is 5.75 Å². The van der Waals surface area contributed by atoms with Crippen molar-refractivity contribution in [3.05, 3.63) is 77.5 Å². The fourth-order valence-electron chi connectivity index (χ4n) is 2.89. The van der Waals surface area contributed by atoms with Crippen molar-refractivity contribution in [2.24, 2.45) is 0 Å². The van der Waals surface area contributed by atoms with Crippen molar-refractivity contribution in [3.63, 3.8) is 0 Å². The summed E-state index contributed by atoms with van der Waals surface area (Å²) in [6, 6.07) is 12.5. The third-order valence-electron chi connectivity index (χ3n) is 4.44. The number of benzene rings is 2. The molecule has 0 aliphatic carbocycles. The van der Waals surface area contributed by atoms with Crippen LogP contribution < -0.4 is 15.4 Å². The molecular weight excluding hydrogens is 439 g/mol. The number of anilines is 3. The Morgan fingerprint density at radius 3 is 2.58 bits per heavy atom. The van der Waals surface area contributed by atoms with E-state index >= 15 is 0 Å². The van der Waals surface area contributed by atoms with Crippen LogP contribution in [0.4, 0.5) is 30.4 Å². The molecule has 3 rings (SSSR count). The van der Waals surface area contributed by atoms with Crippen LogP contribution in [0.2, 0.25) is 0 Å². The van der Waals surface area contributed by atoms with Gasteiger partial charge in [-0.05, 0) is 55.0 Å². The standard InChI is InChI=1S/C23H20F3N3O4/c1-14-8-9-19(32-2)18(11-14)29-20(30)13-33-22(31)17-7-4-10-27-21(17)28-16-6-3-5-15(12-16)23(24,25)26/h3-12H,13H2,1-2H3,(H,27,28)(H,29,30). The third kappa shape index (κ3) is 6.22. The van der Waals surface area contributed by atoms with E-state index in [1.807, 2.05) is 13.0 Å². The summed E-state index contributed by atoms with van der Waals surface area (Å²) in [4.78, 5) is 28.8. The molecule has 0 saturated carbocycles. The lowest BCUT2D eigenvalue weighted by Gasteiger charge is -2.13. The van der Waals surface area contributed by atoms with Crippen molar-refractivity contribution in [1.82, 2.24) is 4.98 Å². The van der Waals surface area contributed by atoms with Gasteiger partial charge >= 0.3 is 12.1 Å². The van der Waals surface area contributed by atoms with Crippen LogP contribution in [0.3, 0.4) is 0 Å². The Bertz CT molecular complexity index is 1170. The Morgan fingerprint density at radius 2 is 1.85 bits per heavy atom. The summed E-state index contributed by atoms with van der Waals surface area (Å²) >= 11 is 0. The molecule has 1 heterocycles. The number of esters is 1. The van der Waals surface area contributed by atoms with Gasteiger partial charge in [-0.1, -0.05) is 12.1 Å². The number of carbonyl (C=O) groups excluding carboxylic acids is 2. The number of rotatable bonds is 7. The van der Waals surface area contributed by atoms with Crippen molar-refractivity contribution in [3.8, 4) is 5.75 Å². The smallest absolute Gasteiger partial charge is 0.416 e. The van der Waals surface area contributed by atoms with Gasteiger partial charge in [-0.2, -0.15) is 13.2 Å². The van der Waals surface area contributed by atoms with Crippen LogP contribution >= 0.6 is 0 Å². The molecule has 0 atom stereocenters. The summed E-state index contributed by atoms with van der Waals surface area (Å²) in [5, 5.41) is 5.29. The minimum absolute atomic E-state index is 0.0115. The van der Waals surface area contributed by atoms with E-state index in [4.69, 9.17) is 9.47 Å². The largest absolute Gasteiger partial charge is 0.495 e. The highest BCUT2D eigenvalue weighted by molar-refractivity contribution is 5.98. The molecular formula is C23H20F3N3O4. The minimum atomic E-state index is -4.52. The molecule has 0 radical (unpaired) electrons. The number of aryl methyl sites for hydroxylation is 1. The Morgan fingerprint density at radius 1 is 1.06 bits per heavy atom. The molecule has 0 unspecified atom stereocenters. The normalized spacial score (nSPS) is 10.9. The van der Waals surface area contributed by atoms with Gasteiger partial charge in [0.25, 0.3) is 5.91 Å². The molecule has 0 spiro atoms. The van der Waals surface area contributed by atoms with Crippen LogP contribution in [-0.4, -0.2) is 30.6 Å². The number of hydrogen-bond acceptors (Lipinski definition) is 6. The minimum Gasteiger partial charge on any atom is -0.495 e. The van der Waals surface area contributed by atoms with Gasteiger partial charge in [-0.3, -0.25) is 4.79 Å². The van der Waals surface area contributed by atoms with E-state index < -0.39 is 30.2 Å².